The number of carbonyl (C=O) groups excluding carboxylic acids is 4. The molecule has 1 fully saturated rings. The number of hydrazine groups is 1. The highest BCUT2D eigenvalue weighted by Crippen LogP contribution is 2.28. The van der Waals surface area contributed by atoms with Crippen LogP contribution >= 0.6 is 0 Å². The molecule has 2 aromatic carbocycles. The maximum Gasteiger partial charge on any atom is 0.271 e. The molecule has 1 aliphatic rings. The smallest absolute Gasteiger partial charge is 0.271 e. The number of anilines is 1. The summed E-state index contributed by atoms with van der Waals surface area (Å²) < 4.78 is 5.19. The summed E-state index contributed by atoms with van der Waals surface area (Å²) >= 11 is 0. The number of hydrogen-bond donors (Lipinski definition) is 1. The number of carbonyl (C=O) groups is 4. The molecule has 9 nitrogen and oxygen atoms in total. The Labute approximate surface area is 195 Å². The fraction of sp³-hybridized carbons (Fsp3) is 0.160. The molecule has 4 rings (SSSR count). The molecular formula is C25H22N4O5. The number of pyridine rings is 1. The SMILES string of the molecule is COc1cccc(N2C(=O)CC(N(NC(=O)c3cccnc3)C(=O)Cc3ccccc3)C2=O)c1. The summed E-state index contributed by atoms with van der Waals surface area (Å²) in [5.74, 6) is -1.78. The molecule has 9 heteroatoms. The van der Waals surface area contributed by atoms with Gasteiger partial charge in [0.25, 0.3) is 11.8 Å². The van der Waals surface area contributed by atoms with Gasteiger partial charge in [0.1, 0.15) is 11.8 Å². The molecule has 0 radical (unpaired) electrons. The van der Waals surface area contributed by atoms with E-state index in [1.165, 1.54) is 25.6 Å². The summed E-state index contributed by atoms with van der Waals surface area (Å²) in [6.45, 7) is 0. The van der Waals surface area contributed by atoms with E-state index in [0.29, 0.717) is 17.0 Å². The monoisotopic (exact) mass is 458 g/mol. The van der Waals surface area contributed by atoms with Crippen molar-refractivity contribution >= 4 is 29.3 Å². The number of rotatable bonds is 6. The number of nitrogens with zero attached hydrogens (tertiary/aromatic N) is 3. The molecule has 1 aromatic heterocycles. The van der Waals surface area contributed by atoms with Crippen molar-refractivity contribution in [3.8, 4) is 5.75 Å². The van der Waals surface area contributed by atoms with Gasteiger partial charge >= 0.3 is 0 Å². The van der Waals surface area contributed by atoms with Gasteiger partial charge in [0, 0.05) is 18.5 Å². The second kappa shape index (κ2) is 9.95. The second-order valence-electron chi connectivity index (χ2n) is 7.60. The van der Waals surface area contributed by atoms with Crippen LogP contribution in [0.2, 0.25) is 0 Å². The molecule has 0 bridgehead atoms. The first kappa shape index (κ1) is 22.7. The van der Waals surface area contributed by atoms with E-state index in [2.05, 4.69) is 10.4 Å². The minimum atomic E-state index is -1.20. The summed E-state index contributed by atoms with van der Waals surface area (Å²) in [5.41, 5.74) is 3.76. The first-order chi connectivity index (χ1) is 16.5. The highest BCUT2D eigenvalue weighted by atomic mass is 16.5. The van der Waals surface area contributed by atoms with E-state index in [9.17, 15) is 19.2 Å². The van der Waals surface area contributed by atoms with Gasteiger partial charge in [-0.05, 0) is 29.8 Å². The predicted molar refractivity (Wildman–Crippen MR) is 123 cm³/mol. The van der Waals surface area contributed by atoms with Crippen molar-refractivity contribution in [3.05, 3.63) is 90.3 Å². The molecule has 0 saturated carbocycles. The Balaban J connectivity index is 1.63. The molecule has 1 unspecified atom stereocenters. The van der Waals surface area contributed by atoms with Crippen LogP contribution in [0.25, 0.3) is 0 Å². The Bertz CT molecular complexity index is 1220. The van der Waals surface area contributed by atoms with Gasteiger partial charge in [0.2, 0.25) is 11.8 Å². The molecule has 2 heterocycles. The topological polar surface area (TPSA) is 109 Å². The molecule has 0 spiro atoms. The second-order valence-corrected chi connectivity index (χ2v) is 7.60. The molecular weight excluding hydrogens is 436 g/mol. The molecule has 34 heavy (non-hydrogen) atoms. The van der Waals surface area contributed by atoms with E-state index in [4.69, 9.17) is 4.74 Å². The molecule has 0 aliphatic carbocycles. The van der Waals surface area contributed by atoms with Crippen LogP contribution in [0.3, 0.4) is 0 Å². The lowest BCUT2D eigenvalue weighted by Crippen LogP contribution is -2.55. The fourth-order valence-corrected chi connectivity index (χ4v) is 3.68. The first-order valence-electron chi connectivity index (χ1n) is 10.6. The van der Waals surface area contributed by atoms with Gasteiger partial charge in [0.05, 0.1) is 31.2 Å². The Hall–Kier alpha value is -4.53. The van der Waals surface area contributed by atoms with Gasteiger partial charge in [0.15, 0.2) is 0 Å². The number of methoxy groups -OCH3 is 1. The highest BCUT2D eigenvalue weighted by molar-refractivity contribution is 6.23. The van der Waals surface area contributed by atoms with Crippen LogP contribution in [-0.4, -0.2) is 46.8 Å². The Morgan fingerprint density at radius 1 is 1.09 bits per heavy atom. The Kier molecular flexibility index (Phi) is 6.63. The number of aromatic nitrogens is 1. The van der Waals surface area contributed by atoms with Gasteiger partial charge < -0.3 is 4.74 Å². The number of ether oxygens (including phenoxy) is 1. The van der Waals surface area contributed by atoms with Gasteiger partial charge in [-0.1, -0.05) is 36.4 Å². The van der Waals surface area contributed by atoms with Crippen LogP contribution in [0.5, 0.6) is 5.75 Å². The summed E-state index contributed by atoms with van der Waals surface area (Å²) in [4.78, 5) is 57.2. The van der Waals surface area contributed by atoms with Crippen LogP contribution in [0, 0.1) is 0 Å². The van der Waals surface area contributed by atoms with Crippen molar-refractivity contribution in [2.45, 2.75) is 18.9 Å². The Morgan fingerprint density at radius 3 is 2.59 bits per heavy atom. The lowest BCUT2D eigenvalue weighted by molar-refractivity contribution is -0.140. The summed E-state index contributed by atoms with van der Waals surface area (Å²) in [6, 6.07) is 17.4. The fourth-order valence-electron chi connectivity index (χ4n) is 3.68. The van der Waals surface area contributed by atoms with Crippen molar-refractivity contribution in [2.75, 3.05) is 12.0 Å². The quantitative estimate of drug-likeness (QED) is 0.448. The number of hydrogen-bond acceptors (Lipinski definition) is 6. The average molecular weight is 458 g/mol. The van der Waals surface area contributed by atoms with Gasteiger partial charge in [-0.3, -0.25) is 29.6 Å². The average Bonchev–Trinajstić information content (AvgIpc) is 3.16. The van der Waals surface area contributed by atoms with Crippen LogP contribution in [0.15, 0.2) is 79.1 Å². The normalized spacial score (nSPS) is 15.2. The summed E-state index contributed by atoms with van der Waals surface area (Å²) in [6.07, 6.45) is 2.52. The molecule has 4 amide bonds. The zero-order valence-corrected chi connectivity index (χ0v) is 18.4. The van der Waals surface area contributed by atoms with Crippen LogP contribution in [0.4, 0.5) is 5.69 Å². The maximum absolute atomic E-state index is 13.3. The standard InChI is InChI=1S/C25H22N4O5/c1-34-20-11-5-10-19(14-20)28-22(30)15-21(25(28)33)29(23(31)13-17-7-3-2-4-8-17)27-24(32)18-9-6-12-26-16-18/h2-12,14,16,21H,13,15H2,1H3,(H,27,32). The molecule has 1 N–H and O–H groups in total. The van der Waals surface area contributed by atoms with Crippen LogP contribution in [0.1, 0.15) is 22.3 Å². The summed E-state index contributed by atoms with van der Waals surface area (Å²) in [5, 5.41) is 0.961. The molecule has 1 aliphatic heterocycles. The van der Waals surface area contributed by atoms with Crippen molar-refractivity contribution in [1.82, 2.24) is 15.4 Å². The van der Waals surface area contributed by atoms with E-state index < -0.39 is 29.7 Å². The number of amides is 4. The number of nitrogens with one attached hydrogen (secondary N) is 1. The first-order valence-corrected chi connectivity index (χ1v) is 10.6. The maximum atomic E-state index is 13.3. The van der Waals surface area contributed by atoms with E-state index in [-0.39, 0.29) is 18.4 Å². The van der Waals surface area contributed by atoms with Crippen molar-refractivity contribution < 1.29 is 23.9 Å². The van der Waals surface area contributed by atoms with Crippen LogP contribution < -0.4 is 15.1 Å². The van der Waals surface area contributed by atoms with E-state index in [0.717, 1.165) is 9.91 Å². The third kappa shape index (κ3) is 4.78. The molecule has 1 saturated heterocycles. The van der Waals surface area contributed by atoms with Gasteiger partial charge in [-0.2, -0.15) is 0 Å². The number of imide groups is 1. The molecule has 172 valence electrons. The lowest BCUT2D eigenvalue weighted by Gasteiger charge is -2.28. The van der Waals surface area contributed by atoms with E-state index in [1.807, 2.05) is 6.07 Å². The van der Waals surface area contributed by atoms with Gasteiger partial charge in [-0.15, -0.1) is 0 Å². The Morgan fingerprint density at radius 2 is 1.88 bits per heavy atom. The highest BCUT2D eigenvalue weighted by Gasteiger charge is 2.45. The zero-order valence-electron chi connectivity index (χ0n) is 18.4. The minimum Gasteiger partial charge on any atom is -0.497 e. The lowest BCUT2D eigenvalue weighted by atomic mass is 10.1. The third-order valence-electron chi connectivity index (χ3n) is 5.36. The van der Waals surface area contributed by atoms with E-state index >= 15 is 0 Å². The molecule has 3 aromatic rings. The van der Waals surface area contributed by atoms with Gasteiger partial charge in [-0.25, -0.2) is 9.91 Å². The van der Waals surface area contributed by atoms with Crippen molar-refractivity contribution in [3.63, 3.8) is 0 Å². The third-order valence-corrected chi connectivity index (χ3v) is 5.36. The largest absolute Gasteiger partial charge is 0.497 e. The van der Waals surface area contributed by atoms with Crippen molar-refractivity contribution in [2.24, 2.45) is 0 Å². The number of benzene rings is 2. The molecule has 1 atom stereocenters. The predicted octanol–water partition coefficient (Wildman–Crippen LogP) is 2.14. The van der Waals surface area contributed by atoms with E-state index in [1.54, 1.807) is 54.6 Å². The minimum absolute atomic E-state index is 0.0642. The van der Waals surface area contributed by atoms with Crippen LogP contribution in [-0.2, 0) is 20.8 Å². The summed E-state index contributed by atoms with van der Waals surface area (Å²) in [7, 11) is 1.48. The zero-order chi connectivity index (χ0) is 24.1. The van der Waals surface area contributed by atoms with Crippen molar-refractivity contribution in [1.29, 1.82) is 0 Å².